The quantitative estimate of drug-likeness (QED) is 0.369. The van der Waals surface area contributed by atoms with Crippen LogP contribution in [0.1, 0.15) is 28.0 Å². The number of carbonyl (C=O) groups excluding carboxylic acids is 2. The number of anilines is 1. The molecule has 0 radical (unpaired) electrons. The van der Waals surface area contributed by atoms with E-state index in [4.69, 9.17) is 12.2 Å². The van der Waals surface area contributed by atoms with Crippen molar-refractivity contribution < 1.29 is 9.59 Å². The lowest BCUT2D eigenvalue weighted by Crippen LogP contribution is -2.31. The monoisotopic (exact) mass is 479 g/mol. The van der Waals surface area contributed by atoms with Crippen molar-refractivity contribution in [2.75, 3.05) is 11.9 Å². The van der Waals surface area contributed by atoms with Gasteiger partial charge in [0, 0.05) is 30.5 Å². The summed E-state index contributed by atoms with van der Waals surface area (Å²) in [5.41, 5.74) is 3.37. The van der Waals surface area contributed by atoms with Crippen molar-refractivity contribution >= 4 is 62.7 Å². The van der Waals surface area contributed by atoms with Crippen LogP contribution in [0.4, 0.5) is 5.13 Å². The highest BCUT2D eigenvalue weighted by Crippen LogP contribution is 2.32. The lowest BCUT2D eigenvalue weighted by Gasteiger charge is -2.13. The lowest BCUT2D eigenvalue weighted by atomic mass is 10.1. The van der Waals surface area contributed by atoms with Gasteiger partial charge in [0.1, 0.15) is 4.32 Å². The molecule has 0 atom stereocenters. The summed E-state index contributed by atoms with van der Waals surface area (Å²) >= 11 is 8.08. The van der Waals surface area contributed by atoms with Crippen molar-refractivity contribution in [3.8, 4) is 0 Å². The number of aromatic nitrogens is 1. The number of rotatable bonds is 7. The first-order valence-electron chi connectivity index (χ1n) is 10.1. The minimum Gasteiger partial charge on any atom is -0.302 e. The second-order valence-electron chi connectivity index (χ2n) is 7.34. The fourth-order valence-corrected chi connectivity index (χ4v) is 5.43. The van der Waals surface area contributed by atoms with Gasteiger partial charge in [-0.2, -0.15) is 0 Å². The number of nitrogens with zero attached hydrogens (tertiary/aromatic N) is 2. The Kier molecular flexibility index (Phi) is 7.14. The van der Waals surface area contributed by atoms with Crippen LogP contribution in [-0.2, 0) is 16.0 Å². The molecule has 1 N–H and O–H groups in total. The van der Waals surface area contributed by atoms with Gasteiger partial charge in [0.2, 0.25) is 5.91 Å². The third-order valence-corrected chi connectivity index (χ3v) is 7.08. The first kappa shape index (κ1) is 22.4. The number of thiazole rings is 1. The van der Waals surface area contributed by atoms with Crippen molar-refractivity contribution in [3.63, 3.8) is 0 Å². The molecule has 1 fully saturated rings. The van der Waals surface area contributed by atoms with Gasteiger partial charge in [0.25, 0.3) is 5.91 Å². The van der Waals surface area contributed by atoms with Gasteiger partial charge in [-0.05, 0) is 24.1 Å². The van der Waals surface area contributed by atoms with Crippen molar-refractivity contribution in [1.29, 1.82) is 0 Å². The Hall–Kier alpha value is -2.81. The van der Waals surface area contributed by atoms with Gasteiger partial charge in [0.05, 0.1) is 4.91 Å². The molecule has 3 aromatic rings. The van der Waals surface area contributed by atoms with E-state index in [1.54, 1.807) is 6.20 Å². The van der Waals surface area contributed by atoms with E-state index < -0.39 is 0 Å². The molecule has 0 spiro atoms. The molecular weight excluding hydrogens is 458 g/mol. The molecule has 8 heteroatoms. The summed E-state index contributed by atoms with van der Waals surface area (Å²) in [4.78, 5) is 32.6. The minimum absolute atomic E-state index is 0.151. The normalized spacial score (nSPS) is 14.9. The van der Waals surface area contributed by atoms with E-state index in [1.807, 2.05) is 42.5 Å². The average Bonchev–Trinajstić information content (AvgIpc) is 3.31. The zero-order valence-electron chi connectivity index (χ0n) is 17.4. The Balaban J connectivity index is 1.30. The molecule has 1 saturated heterocycles. The summed E-state index contributed by atoms with van der Waals surface area (Å²) in [7, 11) is 0. The maximum atomic E-state index is 12.7. The van der Waals surface area contributed by atoms with E-state index in [0.717, 1.165) is 16.9 Å². The van der Waals surface area contributed by atoms with E-state index in [-0.39, 0.29) is 24.8 Å². The van der Waals surface area contributed by atoms with Crippen LogP contribution in [0.5, 0.6) is 0 Å². The second-order valence-corrected chi connectivity index (χ2v) is 10.1. The van der Waals surface area contributed by atoms with E-state index in [0.29, 0.717) is 14.4 Å². The standard InChI is InChI=1S/C24H21N3O2S3/c1-16-6-5-9-18(12-16)13-19-15-25-23(31-19)26-21(28)10-11-27-22(29)20(32-24(27)30)14-17-7-3-2-4-8-17/h2-9,12,14-15H,10-11,13H2,1H3,(H,25,26,28). The lowest BCUT2D eigenvalue weighted by molar-refractivity contribution is -0.122. The van der Waals surface area contributed by atoms with Gasteiger partial charge in [-0.15, -0.1) is 11.3 Å². The van der Waals surface area contributed by atoms with Crippen molar-refractivity contribution in [2.24, 2.45) is 0 Å². The van der Waals surface area contributed by atoms with Crippen LogP contribution in [0.25, 0.3) is 6.08 Å². The molecule has 2 aromatic carbocycles. The van der Waals surface area contributed by atoms with Gasteiger partial charge >= 0.3 is 0 Å². The number of amides is 2. The minimum atomic E-state index is -0.192. The number of nitrogens with one attached hydrogen (secondary N) is 1. The first-order chi connectivity index (χ1) is 15.5. The van der Waals surface area contributed by atoms with Gasteiger partial charge in [0.15, 0.2) is 5.13 Å². The zero-order valence-corrected chi connectivity index (χ0v) is 19.9. The van der Waals surface area contributed by atoms with Crippen molar-refractivity contribution in [2.45, 2.75) is 19.8 Å². The first-order valence-corrected chi connectivity index (χ1v) is 12.1. The Bertz CT molecular complexity index is 1190. The molecule has 4 rings (SSSR count). The Morgan fingerprint density at radius 1 is 1.19 bits per heavy atom. The molecule has 0 aliphatic carbocycles. The molecule has 0 unspecified atom stereocenters. The molecule has 1 aromatic heterocycles. The Labute approximate surface area is 200 Å². The van der Waals surface area contributed by atoms with Crippen LogP contribution in [-0.4, -0.2) is 32.6 Å². The number of aryl methyl sites for hydroxylation is 1. The third kappa shape index (κ3) is 5.70. The number of hydrogen-bond acceptors (Lipinski definition) is 6. The Morgan fingerprint density at radius 2 is 2.00 bits per heavy atom. The van der Waals surface area contributed by atoms with Crippen molar-refractivity contribution in [1.82, 2.24) is 9.88 Å². The molecule has 5 nitrogen and oxygen atoms in total. The maximum absolute atomic E-state index is 12.7. The van der Waals surface area contributed by atoms with Gasteiger partial charge in [-0.3, -0.25) is 14.5 Å². The zero-order chi connectivity index (χ0) is 22.5. The molecular formula is C24H21N3O2S3. The summed E-state index contributed by atoms with van der Waals surface area (Å²) in [5, 5.41) is 3.39. The van der Waals surface area contributed by atoms with E-state index in [9.17, 15) is 9.59 Å². The second kappa shape index (κ2) is 10.2. The molecule has 1 aliphatic rings. The van der Waals surface area contributed by atoms with E-state index in [1.165, 1.54) is 39.1 Å². The third-order valence-electron chi connectivity index (χ3n) is 4.79. The summed E-state index contributed by atoms with van der Waals surface area (Å²) in [6.45, 7) is 2.31. The van der Waals surface area contributed by atoms with E-state index >= 15 is 0 Å². The number of thioether (sulfide) groups is 1. The summed E-state index contributed by atoms with van der Waals surface area (Å²) in [5.74, 6) is -0.353. The van der Waals surface area contributed by atoms with Crippen LogP contribution in [0.3, 0.4) is 0 Å². The average molecular weight is 480 g/mol. The van der Waals surface area contributed by atoms with Crippen LogP contribution in [0, 0.1) is 6.92 Å². The van der Waals surface area contributed by atoms with Crippen LogP contribution in [0.2, 0.25) is 0 Å². The highest BCUT2D eigenvalue weighted by molar-refractivity contribution is 8.26. The molecule has 2 heterocycles. The fourth-order valence-electron chi connectivity index (χ4n) is 3.26. The molecule has 0 bridgehead atoms. The van der Waals surface area contributed by atoms with Crippen LogP contribution >= 0.6 is 35.3 Å². The van der Waals surface area contributed by atoms with Crippen LogP contribution < -0.4 is 5.32 Å². The molecule has 0 saturated carbocycles. The molecule has 32 heavy (non-hydrogen) atoms. The highest BCUT2D eigenvalue weighted by atomic mass is 32.2. The predicted octanol–water partition coefficient (Wildman–Crippen LogP) is 5.27. The van der Waals surface area contributed by atoms with Crippen LogP contribution in [0.15, 0.2) is 65.7 Å². The fraction of sp³-hybridized carbons (Fsp3) is 0.167. The number of hydrogen-bond donors (Lipinski definition) is 1. The van der Waals surface area contributed by atoms with Gasteiger partial charge in [-0.25, -0.2) is 4.98 Å². The van der Waals surface area contributed by atoms with Crippen molar-refractivity contribution in [3.05, 3.63) is 87.3 Å². The maximum Gasteiger partial charge on any atom is 0.266 e. The van der Waals surface area contributed by atoms with E-state index in [2.05, 4.69) is 35.4 Å². The Morgan fingerprint density at radius 3 is 2.78 bits per heavy atom. The molecule has 2 amide bonds. The predicted molar refractivity (Wildman–Crippen MR) is 136 cm³/mol. The smallest absolute Gasteiger partial charge is 0.266 e. The number of benzene rings is 2. The van der Waals surface area contributed by atoms with Gasteiger partial charge in [-0.1, -0.05) is 84.1 Å². The largest absolute Gasteiger partial charge is 0.302 e. The summed E-state index contributed by atoms with van der Waals surface area (Å²) in [6, 6.07) is 18.0. The topological polar surface area (TPSA) is 62.3 Å². The SMILES string of the molecule is Cc1cccc(Cc2cnc(NC(=O)CCN3C(=O)C(=Cc4ccccc4)SC3=S)s2)c1. The highest BCUT2D eigenvalue weighted by Gasteiger charge is 2.32. The van der Waals surface area contributed by atoms with Gasteiger partial charge < -0.3 is 5.32 Å². The number of thiocarbonyl (C=S) groups is 1. The number of carbonyl (C=O) groups is 2. The summed E-state index contributed by atoms with van der Waals surface area (Å²) in [6.07, 6.45) is 4.54. The molecule has 162 valence electrons. The summed E-state index contributed by atoms with van der Waals surface area (Å²) < 4.78 is 0.472. The molecule has 1 aliphatic heterocycles.